The van der Waals surface area contributed by atoms with E-state index in [2.05, 4.69) is 50.4 Å². The lowest BCUT2D eigenvalue weighted by Crippen LogP contribution is -1.92. The molecule has 1 aliphatic rings. The van der Waals surface area contributed by atoms with Crippen molar-refractivity contribution in [1.82, 2.24) is 0 Å². The monoisotopic (exact) mass is 954 g/mol. The van der Waals surface area contributed by atoms with E-state index in [0.717, 1.165) is 32.9 Å². The maximum atomic E-state index is 12.5. The van der Waals surface area contributed by atoms with Crippen LogP contribution in [0, 0.1) is 67.0 Å². The molecule has 0 unspecified atom stereocenters. The zero-order valence-electron chi connectivity index (χ0n) is 38.6. The van der Waals surface area contributed by atoms with Gasteiger partial charge in [0.25, 0.3) is 0 Å². The number of halogens is 5. The van der Waals surface area contributed by atoms with Crippen LogP contribution in [0.25, 0.3) is 0 Å². The average Bonchev–Trinajstić information content (AvgIpc) is 3.98. The van der Waals surface area contributed by atoms with E-state index in [-0.39, 0.29) is 11.6 Å². The summed E-state index contributed by atoms with van der Waals surface area (Å²) in [6.45, 7) is 16.3. The Morgan fingerprint density at radius 1 is 0.446 bits per heavy atom. The van der Waals surface area contributed by atoms with E-state index in [1.807, 2.05) is 137 Å². The molecule has 0 saturated carbocycles. The highest BCUT2D eigenvalue weighted by atomic mass is 35.5. The van der Waals surface area contributed by atoms with Crippen LogP contribution in [0.4, 0.5) is 8.78 Å². The van der Waals surface area contributed by atoms with Gasteiger partial charge in [0, 0.05) is 19.9 Å². The minimum absolute atomic E-state index is 0.171. The number of rotatable bonds is 1. The lowest BCUT2D eigenvalue weighted by Gasteiger charge is -1.97. The van der Waals surface area contributed by atoms with Crippen molar-refractivity contribution in [2.24, 2.45) is 0 Å². The van der Waals surface area contributed by atoms with Gasteiger partial charge in [0.1, 0.15) is 17.4 Å². The molecule has 3 nitrogen and oxygen atoms in total. The van der Waals surface area contributed by atoms with Crippen LogP contribution in [0.5, 0.6) is 17.2 Å². The van der Waals surface area contributed by atoms with E-state index in [1.165, 1.54) is 50.9 Å². The summed E-state index contributed by atoms with van der Waals surface area (Å²) in [5.41, 5.74) is 7.94. The molecule has 9 heteroatoms. The first kappa shape index (κ1) is 55.5. The molecule has 0 saturated heterocycles. The molecule has 0 bridgehead atoms. The van der Waals surface area contributed by atoms with Crippen LogP contribution in [0.2, 0.25) is 15.1 Å². The van der Waals surface area contributed by atoms with Gasteiger partial charge in [0.2, 0.25) is 6.79 Å². The summed E-state index contributed by atoms with van der Waals surface area (Å²) >= 11 is 18.5. The summed E-state index contributed by atoms with van der Waals surface area (Å²) < 4.78 is 39.8. The van der Waals surface area contributed by atoms with Crippen LogP contribution in [0.15, 0.2) is 181 Å². The van der Waals surface area contributed by atoms with E-state index in [1.54, 1.807) is 49.6 Å². The number of ether oxygens (including phenoxy) is 3. The van der Waals surface area contributed by atoms with Crippen molar-refractivity contribution < 1.29 is 23.0 Å². The van der Waals surface area contributed by atoms with Gasteiger partial charge in [0.05, 0.1) is 7.11 Å². The SMILES string of the molecule is COc1ccc(C)cc1.Cc1ccc(Cl)cc1.Cc1ccc(Cl)cc1F.Cc1ccc(F)cc1.Cc1ccc2c(c1)OCO2.Cc1cccc(Cl)c1.Cc1ccccc1.Cc1cccs1. The summed E-state index contributed by atoms with van der Waals surface area (Å²) in [7, 11) is 1.67. The fourth-order valence-electron chi connectivity index (χ4n) is 4.81. The number of thiophene rings is 1. The third kappa shape index (κ3) is 26.7. The van der Waals surface area contributed by atoms with Gasteiger partial charge in [0.15, 0.2) is 11.5 Å². The zero-order chi connectivity index (χ0) is 48.0. The highest BCUT2D eigenvalue weighted by molar-refractivity contribution is 7.09. The second-order valence-corrected chi connectivity index (χ2v) is 17.0. The van der Waals surface area contributed by atoms with Crippen molar-refractivity contribution >= 4 is 46.1 Å². The number of benzene rings is 7. The molecule has 9 rings (SSSR count). The Hall–Kier alpha value is -5.63. The van der Waals surface area contributed by atoms with Crippen LogP contribution >= 0.6 is 46.1 Å². The maximum absolute atomic E-state index is 12.5. The molecule has 342 valence electrons. The van der Waals surface area contributed by atoms with Crippen LogP contribution < -0.4 is 14.2 Å². The normalized spacial score (nSPS) is 9.88. The van der Waals surface area contributed by atoms with Gasteiger partial charge in [-0.25, -0.2) is 8.78 Å². The number of hydrogen-bond acceptors (Lipinski definition) is 4. The highest BCUT2D eigenvalue weighted by Crippen LogP contribution is 2.32. The lowest BCUT2D eigenvalue weighted by molar-refractivity contribution is 0.174. The van der Waals surface area contributed by atoms with Gasteiger partial charge in [-0.3, -0.25) is 0 Å². The Labute approximate surface area is 405 Å². The van der Waals surface area contributed by atoms with Crippen LogP contribution in [-0.4, -0.2) is 13.9 Å². The third-order valence-electron chi connectivity index (χ3n) is 8.52. The molecule has 8 aromatic rings. The predicted molar refractivity (Wildman–Crippen MR) is 275 cm³/mol. The molecule has 0 amide bonds. The molecule has 2 heterocycles. The summed E-state index contributed by atoms with van der Waals surface area (Å²) in [4.78, 5) is 1.38. The maximum Gasteiger partial charge on any atom is 0.231 e. The number of hydrogen-bond donors (Lipinski definition) is 0. The number of fused-ring (bicyclic) bond motifs is 1. The topological polar surface area (TPSA) is 27.7 Å². The van der Waals surface area contributed by atoms with Crippen LogP contribution in [0.1, 0.15) is 43.8 Å². The first-order chi connectivity index (χ1) is 31.0. The van der Waals surface area contributed by atoms with Gasteiger partial charge in [-0.2, -0.15) is 0 Å². The van der Waals surface area contributed by atoms with Crippen molar-refractivity contribution in [2.45, 2.75) is 55.4 Å². The van der Waals surface area contributed by atoms with Gasteiger partial charge in [-0.05, 0) is 156 Å². The Balaban J connectivity index is 0.000000256. The molecule has 65 heavy (non-hydrogen) atoms. The number of aryl methyl sites for hydroxylation is 8. The van der Waals surface area contributed by atoms with E-state index in [9.17, 15) is 8.78 Å². The van der Waals surface area contributed by atoms with Crippen molar-refractivity contribution in [1.29, 1.82) is 0 Å². The summed E-state index contributed by atoms with van der Waals surface area (Å²) in [6, 6.07) is 54.8. The predicted octanol–water partition coefficient (Wildman–Crippen LogP) is 18.0. The Bertz CT molecular complexity index is 2360. The second kappa shape index (κ2) is 32.1. The molecule has 0 N–H and O–H groups in total. The van der Waals surface area contributed by atoms with Gasteiger partial charge < -0.3 is 14.2 Å². The lowest BCUT2D eigenvalue weighted by atomic mass is 10.2. The Morgan fingerprint density at radius 3 is 1.35 bits per heavy atom. The molecular weight excluding hydrogens is 897 g/mol. The molecule has 0 radical (unpaired) electrons. The molecule has 0 fully saturated rings. The van der Waals surface area contributed by atoms with E-state index >= 15 is 0 Å². The van der Waals surface area contributed by atoms with Crippen molar-refractivity contribution in [2.75, 3.05) is 13.9 Å². The molecule has 0 atom stereocenters. The van der Waals surface area contributed by atoms with Crippen LogP contribution in [0.3, 0.4) is 0 Å². The van der Waals surface area contributed by atoms with E-state index < -0.39 is 0 Å². The van der Waals surface area contributed by atoms with E-state index in [4.69, 9.17) is 49.0 Å². The Kier molecular flexibility index (Phi) is 27.4. The van der Waals surface area contributed by atoms with Gasteiger partial charge in [-0.15, -0.1) is 11.3 Å². The second-order valence-electron chi connectivity index (χ2n) is 14.5. The third-order valence-corrected chi connectivity index (χ3v) is 10.0. The van der Waals surface area contributed by atoms with E-state index in [0.29, 0.717) is 17.4 Å². The minimum Gasteiger partial charge on any atom is -0.497 e. The fraction of sp³-hybridized carbons (Fsp3) is 0.179. The highest BCUT2D eigenvalue weighted by Gasteiger charge is 2.11. The van der Waals surface area contributed by atoms with Gasteiger partial charge in [-0.1, -0.05) is 154 Å². The quantitative estimate of drug-likeness (QED) is 0.164. The van der Waals surface area contributed by atoms with Crippen molar-refractivity contribution in [3.05, 3.63) is 252 Å². The van der Waals surface area contributed by atoms with Gasteiger partial charge >= 0.3 is 0 Å². The molecule has 1 aliphatic heterocycles. The Morgan fingerprint density at radius 2 is 0.938 bits per heavy atom. The van der Waals surface area contributed by atoms with Crippen molar-refractivity contribution in [3.8, 4) is 17.2 Å². The summed E-state index contributed by atoms with van der Waals surface area (Å²) in [5, 5.41) is 4.13. The fourth-order valence-corrected chi connectivity index (χ4v) is 5.87. The summed E-state index contributed by atoms with van der Waals surface area (Å²) in [5.74, 6) is 2.21. The zero-order valence-corrected chi connectivity index (χ0v) is 41.6. The number of methoxy groups -OCH3 is 1. The summed E-state index contributed by atoms with van der Waals surface area (Å²) in [6.07, 6.45) is 0. The molecule has 0 aliphatic carbocycles. The molecule has 1 aromatic heterocycles. The minimum atomic E-state index is -0.248. The molecular formula is C56H59Cl3F2O3S. The molecule has 0 spiro atoms. The smallest absolute Gasteiger partial charge is 0.231 e. The largest absolute Gasteiger partial charge is 0.497 e. The van der Waals surface area contributed by atoms with Crippen molar-refractivity contribution in [3.63, 3.8) is 0 Å². The first-order valence-corrected chi connectivity index (χ1v) is 22.6. The standard InChI is InChI=1S/C8H8O2.C8H10O.C7H6ClF.2C7H7Cl.C7H7F.C7H8.C5H6S/c1-6-2-3-7-8(4-6)10-5-9-7;1-7-3-5-8(9-2)6-4-7;1-5-2-3-6(8)4-7(5)9;1-6-2-4-7(8)5-3-6;1-6-3-2-4-7(8)5-6;1-6-2-4-7(8)5-3-6;1-7-5-3-2-4-6-7;1-5-3-2-4-6-5/h2-4H,5H2,1H3;3-6H,1-2H3;2-4H,1H3;3*2-5H,1H3;2-6H,1H3;2-4H,1H3. The molecule has 7 aromatic carbocycles. The van der Waals surface area contributed by atoms with Crippen LogP contribution in [-0.2, 0) is 0 Å². The first-order valence-electron chi connectivity index (χ1n) is 20.6. The average molecular weight is 957 g/mol.